The summed E-state index contributed by atoms with van der Waals surface area (Å²) >= 11 is 0. The van der Waals surface area contributed by atoms with E-state index in [1.807, 2.05) is 6.07 Å². The molecule has 0 fully saturated rings. The summed E-state index contributed by atoms with van der Waals surface area (Å²) in [5, 5.41) is 1.21. The molecule has 1 aliphatic carbocycles. The second kappa shape index (κ2) is 6.01. The summed E-state index contributed by atoms with van der Waals surface area (Å²) in [5.74, 6) is 6.06. The van der Waals surface area contributed by atoms with Crippen LogP contribution in [0.5, 0.6) is 5.75 Å². The maximum absolute atomic E-state index is 11.9. The van der Waals surface area contributed by atoms with Crippen LogP contribution in [-0.2, 0) is 24.2 Å². The number of carbonyl (C=O) groups excluding carboxylic acids is 1. The summed E-state index contributed by atoms with van der Waals surface area (Å²) in [6, 6.07) is 6.22. The number of hydrogen-bond acceptors (Lipinski definition) is 3. The van der Waals surface area contributed by atoms with Gasteiger partial charge in [-0.3, -0.25) is 10.2 Å². The minimum atomic E-state index is -0.0649. The fraction of sp³-hybridized carbons (Fsp3) is 0.471. The van der Waals surface area contributed by atoms with Gasteiger partial charge in [0.25, 0.3) is 0 Å². The Morgan fingerprint density at radius 3 is 3.00 bits per heavy atom. The number of benzene rings is 1. The van der Waals surface area contributed by atoms with Gasteiger partial charge in [-0.25, -0.2) is 5.84 Å². The van der Waals surface area contributed by atoms with Crippen molar-refractivity contribution in [3.63, 3.8) is 0 Å². The zero-order chi connectivity index (χ0) is 15.7. The number of aryl methyl sites for hydroxylation is 1. The lowest BCUT2D eigenvalue weighted by molar-refractivity contribution is -0.125. The van der Waals surface area contributed by atoms with Crippen LogP contribution >= 0.6 is 0 Å². The fourth-order valence-corrected chi connectivity index (χ4v) is 3.58. The molecule has 0 radical (unpaired) electrons. The van der Waals surface area contributed by atoms with Crippen LogP contribution < -0.4 is 16.0 Å². The third kappa shape index (κ3) is 2.35. The highest BCUT2D eigenvalue weighted by Gasteiger charge is 2.29. The Bertz CT molecular complexity index is 705. The number of hydrazine groups is 1. The van der Waals surface area contributed by atoms with E-state index in [4.69, 9.17) is 10.6 Å². The highest BCUT2D eigenvalue weighted by atomic mass is 16.5. The van der Waals surface area contributed by atoms with Gasteiger partial charge in [0.1, 0.15) is 5.75 Å². The zero-order valence-corrected chi connectivity index (χ0v) is 13.2. The van der Waals surface area contributed by atoms with Crippen LogP contribution in [0.15, 0.2) is 18.2 Å². The Morgan fingerprint density at radius 1 is 1.50 bits per heavy atom. The number of fused-ring (bicyclic) bond motifs is 3. The number of hydrogen-bond donors (Lipinski definition) is 2. The lowest BCUT2D eigenvalue weighted by Gasteiger charge is -2.22. The molecule has 0 spiro atoms. The van der Waals surface area contributed by atoms with Gasteiger partial charge in [-0.15, -0.1) is 0 Å². The number of amides is 1. The molecule has 1 aromatic heterocycles. The standard InChI is InChI=1S/C17H23N3O2/c1-3-8-20-15-6-4-11(17(21)19-18)9-13(15)14-10-12(22-2)5-7-16(14)20/h5,7,10-11H,3-4,6,8-9,18H2,1-2H3,(H,19,21). The van der Waals surface area contributed by atoms with E-state index in [1.54, 1.807) is 7.11 Å². The molecule has 1 aliphatic rings. The van der Waals surface area contributed by atoms with Gasteiger partial charge in [-0.2, -0.15) is 0 Å². The molecule has 0 saturated carbocycles. The smallest absolute Gasteiger partial charge is 0.237 e. The fourth-order valence-electron chi connectivity index (χ4n) is 3.58. The van der Waals surface area contributed by atoms with Crippen molar-refractivity contribution in [3.8, 4) is 5.75 Å². The molecule has 1 atom stereocenters. The third-order valence-corrected chi connectivity index (χ3v) is 4.63. The number of nitrogens with zero attached hydrogens (tertiary/aromatic N) is 1. The normalized spacial score (nSPS) is 17.3. The summed E-state index contributed by atoms with van der Waals surface area (Å²) in [5.41, 5.74) is 6.18. The highest BCUT2D eigenvalue weighted by Crippen LogP contribution is 2.36. The lowest BCUT2D eigenvalue weighted by Crippen LogP contribution is -2.38. The van der Waals surface area contributed by atoms with Gasteiger partial charge in [0.2, 0.25) is 5.91 Å². The van der Waals surface area contributed by atoms with Crippen LogP contribution in [0.25, 0.3) is 10.9 Å². The van der Waals surface area contributed by atoms with E-state index in [0.29, 0.717) is 0 Å². The molecule has 2 aromatic rings. The van der Waals surface area contributed by atoms with Crippen LogP contribution in [0.1, 0.15) is 31.0 Å². The molecule has 1 heterocycles. The first-order valence-corrected chi connectivity index (χ1v) is 7.88. The molecule has 5 heteroatoms. The van der Waals surface area contributed by atoms with Crippen LogP contribution in [-0.4, -0.2) is 17.6 Å². The molecule has 1 amide bonds. The Kier molecular flexibility index (Phi) is 4.07. The van der Waals surface area contributed by atoms with Gasteiger partial charge < -0.3 is 9.30 Å². The molecule has 22 heavy (non-hydrogen) atoms. The average molecular weight is 301 g/mol. The molecule has 5 nitrogen and oxygen atoms in total. The maximum atomic E-state index is 11.9. The zero-order valence-electron chi connectivity index (χ0n) is 13.2. The monoisotopic (exact) mass is 301 g/mol. The second-order valence-corrected chi connectivity index (χ2v) is 5.91. The minimum absolute atomic E-state index is 0.0376. The van der Waals surface area contributed by atoms with Gasteiger partial charge in [-0.05, 0) is 49.4 Å². The molecular formula is C17H23N3O2. The van der Waals surface area contributed by atoms with Crippen molar-refractivity contribution in [3.05, 3.63) is 29.5 Å². The first kappa shape index (κ1) is 14.9. The first-order chi connectivity index (χ1) is 10.7. The van der Waals surface area contributed by atoms with Crippen molar-refractivity contribution in [1.29, 1.82) is 0 Å². The largest absolute Gasteiger partial charge is 0.497 e. The molecule has 1 unspecified atom stereocenters. The van der Waals surface area contributed by atoms with Gasteiger partial charge >= 0.3 is 0 Å². The third-order valence-electron chi connectivity index (χ3n) is 4.63. The summed E-state index contributed by atoms with van der Waals surface area (Å²) in [6.07, 6.45) is 3.62. The van der Waals surface area contributed by atoms with E-state index in [2.05, 4.69) is 29.0 Å². The van der Waals surface area contributed by atoms with Crippen molar-refractivity contribution in [2.45, 2.75) is 39.2 Å². The summed E-state index contributed by atoms with van der Waals surface area (Å²) < 4.78 is 7.77. The van der Waals surface area contributed by atoms with Crippen molar-refractivity contribution >= 4 is 16.8 Å². The molecular weight excluding hydrogens is 278 g/mol. The quantitative estimate of drug-likeness (QED) is 0.516. The highest BCUT2D eigenvalue weighted by molar-refractivity contribution is 5.88. The van der Waals surface area contributed by atoms with E-state index < -0.39 is 0 Å². The summed E-state index contributed by atoms with van der Waals surface area (Å²) in [4.78, 5) is 11.9. The topological polar surface area (TPSA) is 69.3 Å². The SMILES string of the molecule is CCCn1c2c(c3cc(OC)ccc31)CC(C(=O)NN)CC2. The molecule has 0 saturated heterocycles. The predicted octanol–water partition coefficient (Wildman–Crippen LogP) is 2.15. The predicted molar refractivity (Wildman–Crippen MR) is 86.6 cm³/mol. The van der Waals surface area contributed by atoms with E-state index in [-0.39, 0.29) is 11.8 Å². The Hall–Kier alpha value is -2.01. The van der Waals surface area contributed by atoms with Crippen LogP contribution in [0.3, 0.4) is 0 Å². The summed E-state index contributed by atoms with van der Waals surface area (Å²) in [6.45, 7) is 3.20. The van der Waals surface area contributed by atoms with Crippen molar-refractivity contribution in [1.82, 2.24) is 9.99 Å². The number of ether oxygens (including phenoxy) is 1. The molecule has 0 aliphatic heterocycles. The first-order valence-electron chi connectivity index (χ1n) is 7.88. The van der Waals surface area contributed by atoms with E-state index in [0.717, 1.165) is 38.0 Å². The summed E-state index contributed by atoms with van der Waals surface area (Å²) in [7, 11) is 1.68. The van der Waals surface area contributed by atoms with E-state index in [9.17, 15) is 4.79 Å². The number of rotatable bonds is 4. The molecule has 118 valence electrons. The van der Waals surface area contributed by atoms with Crippen LogP contribution in [0.4, 0.5) is 0 Å². The second-order valence-electron chi connectivity index (χ2n) is 5.91. The molecule has 0 bridgehead atoms. The van der Waals surface area contributed by atoms with E-state index >= 15 is 0 Å². The number of aromatic nitrogens is 1. The molecule has 3 rings (SSSR count). The van der Waals surface area contributed by atoms with Crippen LogP contribution in [0.2, 0.25) is 0 Å². The Morgan fingerprint density at radius 2 is 2.32 bits per heavy atom. The number of methoxy groups -OCH3 is 1. The van der Waals surface area contributed by atoms with Gasteiger partial charge in [0.15, 0.2) is 0 Å². The Labute approximate surface area is 130 Å². The average Bonchev–Trinajstić information content (AvgIpc) is 2.87. The number of nitrogens with one attached hydrogen (secondary N) is 1. The lowest BCUT2D eigenvalue weighted by atomic mass is 9.86. The Balaban J connectivity index is 2.12. The van der Waals surface area contributed by atoms with Crippen molar-refractivity contribution < 1.29 is 9.53 Å². The van der Waals surface area contributed by atoms with Gasteiger partial charge in [0, 0.05) is 29.1 Å². The maximum Gasteiger partial charge on any atom is 0.237 e. The van der Waals surface area contributed by atoms with Crippen LogP contribution in [0, 0.1) is 5.92 Å². The van der Waals surface area contributed by atoms with Gasteiger partial charge in [-0.1, -0.05) is 6.92 Å². The minimum Gasteiger partial charge on any atom is -0.497 e. The van der Waals surface area contributed by atoms with Gasteiger partial charge in [0.05, 0.1) is 7.11 Å². The number of nitrogens with two attached hydrogens (primary N) is 1. The van der Waals surface area contributed by atoms with Crippen molar-refractivity contribution in [2.75, 3.05) is 7.11 Å². The number of carbonyl (C=O) groups is 1. The molecule has 1 aromatic carbocycles. The van der Waals surface area contributed by atoms with E-state index in [1.165, 1.54) is 22.2 Å². The molecule has 3 N–H and O–H groups in total. The van der Waals surface area contributed by atoms with Crippen molar-refractivity contribution in [2.24, 2.45) is 11.8 Å².